The standard InChI is InChI=1S/C27H36F6NOPS/c1-23(2,3)36(24(4,5)6)21-13-11-10-12-20(21)22(34-37(35)25(7,8)9)17-14-18(26(28,29)30)16-19(15-17)27(31,32)33/h10-16,22,34H,1-9H3/t22-,37?/m0/s1. The molecule has 2 aromatic rings. The van der Waals surface area contributed by atoms with Gasteiger partial charge in [-0.2, -0.15) is 26.3 Å². The first-order valence-corrected chi connectivity index (χ1v) is 14.3. The Morgan fingerprint density at radius 2 is 1.16 bits per heavy atom. The number of halogens is 6. The summed E-state index contributed by atoms with van der Waals surface area (Å²) in [6.07, 6.45) is -9.99. The van der Waals surface area contributed by atoms with Crippen molar-refractivity contribution >= 4 is 24.2 Å². The van der Waals surface area contributed by atoms with Crippen molar-refractivity contribution in [3.8, 4) is 0 Å². The average Bonchev–Trinajstić information content (AvgIpc) is 2.68. The molecule has 0 heterocycles. The van der Waals surface area contributed by atoms with E-state index in [2.05, 4.69) is 46.3 Å². The largest absolute Gasteiger partial charge is 0.416 e. The van der Waals surface area contributed by atoms with Crippen molar-refractivity contribution in [1.82, 2.24) is 4.72 Å². The van der Waals surface area contributed by atoms with Crippen LogP contribution in [0.3, 0.4) is 0 Å². The smallest absolute Gasteiger partial charge is 0.242 e. The van der Waals surface area contributed by atoms with Gasteiger partial charge in [0.05, 0.1) is 32.9 Å². The number of benzene rings is 2. The molecule has 0 fully saturated rings. The summed E-state index contributed by atoms with van der Waals surface area (Å²) in [5.74, 6) is 0. The number of hydrogen-bond acceptors (Lipinski definition) is 1. The zero-order valence-electron chi connectivity index (χ0n) is 22.7. The highest BCUT2D eigenvalue weighted by Gasteiger charge is 2.41. The first-order chi connectivity index (χ1) is 16.4. The van der Waals surface area contributed by atoms with Gasteiger partial charge in [0, 0.05) is 0 Å². The van der Waals surface area contributed by atoms with Crippen LogP contribution < -0.4 is 10.0 Å². The van der Waals surface area contributed by atoms with Crippen molar-refractivity contribution in [2.24, 2.45) is 0 Å². The minimum absolute atomic E-state index is 0.115. The fraction of sp³-hybridized carbons (Fsp3) is 0.556. The van der Waals surface area contributed by atoms with Crippen molar-refractivity contribution in [3.63, 3.8) is 0 Å². The molecule has 208 valence electrons. The van der Waals surface area contributed by atoms with Gasteiger partial charge in [-0.25, -0.2) is 8.93 Å². The predicted molar refractivity (Wildman–Crippen MR) is 142 cm³/mol. The molecule has 2 rings (SSSR count). The molecule has 0 saturated carbocycles. The van der Waals surface area contributed by atoms with E-state index < -0.39 is 53.2 Å². The minimum Gasteiger partial charge on any atom is -0.242 e. The van der Waals surface area contributed by atoms with Gasteiger partial charge in [-0.1, -0.05) is 73.7 Å². The zero-order chi connectivity index (χ0) is 28.8. The Morgan fingerprint density at radius 3 is 1.54 bits per heavy atom. The summed E-state index contributed by atoms with van der Waals surface area (Å²) in [6, 6.07) is 7.48. The molecule has 0 bridgehead atoms. The second-order valence-electron chi connectivity index (χ2n) is 12.0. The van der Waals surface area contributed by atoms with Crippen LogP contribution in [0.2, 0.25) is 0 Å². The van der Waals surface area contributed by atoms with Crippen LogP contribution in [-0.2, 0) is 23.3 Å². The Morgan fingerprint density at radius 1 is 0.730 bits per heavy atom. The first kappa shape index (κ1) is 31.8. The van der Waals surface area contributed by atoms with Crippen LogP contribution in [0.1, 0.15) is 90.6 Å². The summed E-state index contributed by atoms with van der Waals surface area (Å²) >= 11 is 0. The molecular weight excluding hydrogens is 531 g/mol. The van der Waals surface area contributed by atoms with Gasteiger partial charge in [-0.15, -0.1) is 0 Å². The molecule has 2 aromatic carbocycles. The van der Waals surface area contributed by atoms with E-state index in [1.165, 1.54) is 0 Å². The molecule has 0 amide bonds. The maximum atomic E-state index is 13.7. The fourth-order valence-electron chi connectivity index (χ4n) is 4.40. The molecule has 0 aliphatic heterocycles. The lowest BCUT2D eigenvalue weighted by Crippen LogP contribution is -2.39. The molecule has 0 aromatic heterocycles. The summed E-state index contributed by atoms with van der Waals surface area (Å²) in [5.41, 5.74) is -2.54. The Hall–Kier alpha value is -1.44. The van der Waals surface area contributed by atoms with E-state index in [0.717, 1.165) is 17.4 Å². The van der Waals surface area contributed by atoms with Crippen LogP contribution in [0.15, 0.2) is 42.5 Å². The maximum Gasteiger partial charge on any atom is 0.416 e. The van der Waals surface area contributed by atoms with Crippen LogP contribution in [0.25, 0.3) is 0 Å². The third-order valence-electron chi connectivity index (χ3n) is 5.55. The van der Waals surface area contributed by atoms with Crippen molar-refractivity contribution in [3.05, 3.63) is 64.7 Å². The second kappa shape index (κ2) is 10.6. The Kier molecular flexibility index (Phi) is 9.11. The Bertz CT molecular complexity index is 1080. The highest BCUT2D eigenvalue weighted by Crippen LogP contribution is 2.59. The Balaban J connectivity index is 2.96. The highest BCUT2D eigenvalue weighted by atomic mass is 32.2. The van der Waals surface area contributed by atoms with E-state index in [0.29, 0.717) is 5.56 Å². The number of rotatable bonds is 5. The zero-order valence-corrected chi connectivity index (χ0v) is 24.4. The maximum absolute atomic E-state index is 13.7. The Labute approximate surface area is 220 Å². The van der Waals surface area contributed by atoms with Crippen molar-refractivity contribution in [1.29, 1.82) is 0 Å². The lowest BCUT2D eigenvalue weighted by atomic mass is 9.95. The quantitative estimate of drug-likeness (QED) is 0.285. The summed E-state index contributed by atoms with van der Waals surface area (Å²) < 4.78 is 97.7. The highest BCUT2D eigenvalue weighted by molar-refractivity contribution is 7.84. The topological polar surface area (TPSA) is 29.1 Å². The lowest BCUT2D eigenvalue weighted by molar-refractivity contribution is -0.143. The fourth-order valence-corrected chi connectivity index (χ4v) is 9.39. The molecule has 1 unspecified atom stereocenters. The van der Waals surface area contributed by atoms with E-state index >= 15 is 0 Å². The van der Waals surface area contributed by atoms with Crippen LogP contribution in [0, 0.1) is 0 Å². The number of nitrogens with one attached hydrogen (secondary N) is 1. The molecule has 0 aliphatic rings. The normalized spacial score (nSPS) is 15.7. The van der Waals surface area contributed by atoms with Crippen LogP contribution in [0.5, 0.6) is 0 Å². The first-order valence-electron chi connectivity index (χ1n) is 11.8. The predicted octanol–water partition coefficient (Wildman–Crippen LogP) is 8.57. The molecular formula is C27H36F6NOPS. The number of hydrogen-bond donors (Lipinski definition) is 1. The van der Waals surface area contributed by atoms with Crippen molar-refractivity contribution < 1.29 is 30.6 Å². The van der Waals surface area contributed by atoms with Crippen LogP contribution in [-0.4, -0.2) is 19.3 Å². The third kappa shape index (κ3) is 8.03. The van der Waals surface area contributed by atoms with Gasteiger partial charge in [0.15, 0.2) is 0 Å². The van der Waals surface area contributed by atoms with E-state index in [1.807, 2.05) is 12.1 Å². The van der Waals surface area contributed by atoms with E-state index in [1.54, 1.807) is 32.9 Å². The molecule has 1 N–H and O–H groups in total. The average molecular weight is 568 g/mol. The third-order valence-corrected chi connectivity index (χ3v) is 10.7. The van der Waals surface area contributed by atoms with Crippen LogP contribution >= 0.6 is 7.92 Å². The van der Waals surface area contributed by atoms with Crippen LogP contribution in [0.4, 0.5) is 26.3 Å². The monoisotopic (exact) mass is 567 g/mol. The number of alkyl halides is 6. The van der Waals surface area contributed by atoms with Crippen molar-refractivity contribution in [2.75, 3.05) is 0 Å². The van der Waals surface area contributed by atoms with Gasteiger partial charge in [-0.3, -0.25) is 0 Å². The summed E-state index contributed by atoms with van der Waals surface area (Å²) in [5, 5.41) is 0.372. The molecule has 0 saturated heterocycles. The minimum atomic E-state index is -4.99. The van der Waals surface area contributed by atoms with Gasteiger partial charge in [0.25, 0.3) is 0 Å². The van der Waals surface area contributed by atoms with Gasteiger partial charge < -0.3 is 0 Å². The molecule has 0 aliphatic carbocycles. The summed E-state index contributed by atoms with van der Waals surface area (Å²) in [7, 11) is -2.77. The molecule has 10 heteroatoms. The van der Waals surface area contributed by atoms with E-state index in [-0.39, 0.29) is 21.9 Å². The van der Waals surface area contributed by atoms with E-state index in [9.17, 15) is 30.6 Å². The SMILES string of the molecule is CC(C)(C)P(c1ccccc1[C@@H](NS(=O)C(C)(C)C)c1cc(C(F)(F)F)cc(C(F)(F)F)c1)C(C)(C)C. The van der Waals surface area contributed by atoms with E-state index in [4.69, 9.17) is 0 Å². The van der Waals surface area contributed by atoms with Gasteiger partial charge in [0.1, 0.15) is 0 Å². The second-order valence-corrected chi connectivity index (χ2v) is 17.8. The molecule has 2 atom stereocenters. The molecule has 0 radical (unpaired) electrons. The van der Waals surface area contributed by atoms with Crippen molar-refractivity contribution in [2.45, 2.75) is 95.8 Å². The summed E-state index contributed by atoms with van der Waals surface area (Å²) in [6.45, 7) is 17.5. The van der Waals surface area contributed by atoms with Gasteiger partial charge >= 0.3 is 12.4 Å². The lowest BCUT2D eigenvalue weighted by Gasteiger charge is -2.43. The van der Waals surface area contributed by atoms with Gasteiger partial charge in [-0.05, 0) is 65.7 Å². The molecule has 2 nitrogen and oxygen atoms in total. The molecule has 0 spiro atoms. The summed E-state index contributed by atoms with van der Waals surface area (Å²) in [4.78, 5) is 0. The van der Waals surface area contributed by atoms with Gasteiger partial charge in [0.2, 0.25) is 0 Å². The molecule has 37 heavy (non-hydrogen) atoms.